The number of hydrogen-bond donors (Lipinski definition) is 0. The normalized spacial score (nSPS) is 10.6. The maximum absolute atomic E-state index is 12.4. The molecule has 120 valence electrons. The molecule has 23 heavy (non-hydrogen) atoms. The first-order valence-electron chi connectivity index (χ1n) is 7.18. The molecule has 2 rings (SSSR count). The van der Waals surface area contributed by atoms with E-state index in [0.717, 1.165) is 11.1 Å². The standard InChI is InChI=1S/C19H20O4/c1-13-5-8-15(18(11-13)22-3)16(20)9-6-14-7-10-17(21-2)19(12-14)23-4/h5-12H,1-4H3/b9-6+. The first-order chi connectivity index (χ1) is 11.1. The van der Waals surface area contributed by atoms with Crippen LogP contribution >= 0.6 is 0 Å². The van der Waals surface area contributed by atoms with Crippen LogP contribution in [0.4, 0.5) is 0 Å². The quantitative estimate of drug-likeness (QED) is 0.599. The second-order valence-electron chi connectivity index (χ2n) is 5.02. The van der Waals surface area contributed by atoms with E-state index in [9.17, 15) is 4.79 Å². The molecule has 0 saturated heterocycles. The highest BCUT2D eigenvalue weighted by Crippen LogP contribution is 2.28. The molecule has 0 atom stereocenters. The highest BCUT2D eigenvalue weighted by Gasteiger charge is 2.10. The Bertz CT molecular complexity index is 732. The minimum absolute atomic E-state index is 0.114. The summed E-state index contributed by atoms with van der Waals surface area (Å²) in [6, 6.07) is 11.0. The lowest BCUT2D eigenvalue weighted by Gasteiger charge is -2.08. The van der Waals surface area contributed by atoms with Crippen LogP contribution in [0.15, 0.2) is 42.5 Å². The summed E-state index contributed by atoms with van der Waals surface area (Å²) in [6.07, 6.45) is 3.26. The van der Waals surface area contributed by atoms with Gasteiger partial charge in [-0.1, -0.05) is 18.2 Å². The van der Waals surface area contributed by atoms with Gasteiger partial charge < -0.3 is 14.2 Å². The van der Waals surface area contributed by atoms with Gasteiger partial charge in [-0.3, -0.25) is 4.79 Å². The smallest absolute Gasteiger partial charge is 0.189 e. The topological polar surface area (TPSA) is 44.8 Å². The first-order valence-corrected chi connectivity index (χ1v) is 7.18. The Kier molecular flexibility index (Phi) is 5.41. The number of aryl methyl sites for hydroxylation is 1. The minimum Gasteiger partial charge on any atom is -0.496 e. The van der Waals surface area contributed by atoms with Crippen LogP contribution in [0, 0.1) is 6.92 Å². The number of rotatable bonds is 6. The second kappa shape index (κ2) is 7.49. The van der Waals surface area contributed by atoms with Crippen molar-refractivity contribution < 1.29 is 19.0 Å². The third-order valence-electron chi connectivity index (χ3n) is 3.46. The van der Waals surface area contributed by atoms with Gasteiger partial charge in [-0.25, -0.2) is 0 Å². The van der Waals surface area contributed by atoms with E-state index in [2.05, 4.69) is 0 Å². The average molecular weight is 312 g/mol. The molecule has 0 unspecified atom stereocenters. The first kappa shape index (κ1) is 16.6. The van der Waals surface area contributed by atoms with Gasteiger partial charge in [-0.2, -0.15) is 0 Å². The predicted molar refractivity (Wildman–Crippen MR) is 90.6 cm³/mol. The van der Waals surface area contributed by atoms with Crippen molar-refractivity contribution in [1.29, 1.82) is 0 Å². The van der Waals surface area contributed by atoms with Crippen molar-refractivity contribution in [1.82, 2.24) is 0 Å². The van der Waals surface area contributed by atoms with Gasteiger partial charge in [-0.05, 0) is 48.4 Å². The summed E-state index contributed by atoms with van der Waals surface area (Å²) in [4.78, 5) is 12.4. The van der Waals surface area contributed by atoms with Crippen molar-refractivity contribution in [2.45, 2.75) is 6.92 Å². The van der Waals surface area contributed by atoms with E-state index in [1.807, 2.05) is 31.2 Å². The third kappa shape index (κ3) is 3.92. The van der Waals surface area contributed by atoms with E-state index in [4.69, 9.17) is 14.2 Å². The summed E-state index contributed by atoms with van der Waals surface area (Å²) in [6.45, 7) is 1.95. The van der Waals surface area contributed by atoms with Gasteiger partial charge in [0.2, 0.25) is 0 Å². The minimum atomic E-state index is -0.114. The van der Waals surface area contributed by atoms with Gasteiger partial charge >= 0.3 is 0 Å². The van der Waals surface area contributed by atoms with Gasteiger partial charge in [0.25, 0.3) is 0 Å². The molecule has 0 aliphatic rings. The van der Waals surface area contributed by atoms with Crippen LogP contribution in [-0.4, -0.2) is 27.1 Å². The number of carbonyl (C=O) groups excluding carboxylic acids is 1. The van der Waals surface area contributed by atoms with Crippen molar-refractivity contribution >= 4 is 11.9 Å². The van der Waals surface area contributed by atoms with E-state index in [1.54, 1.807) is 39.5 Å². The van der Waals surface area contributed by atoms with Crippen molar-refractivity contribution in [3.63, 3.8) is 0 Å². The molecule has 0 amide bonds. The van der Waals surface area contributed by atoms with E-state index in [-0.39, 0.29) is 5.78 Å². The molecule has 4 heteroatoms. The van der Waals surface area contributed by atoms with Crippen molar-refractivity contribution in [2.75, 3.05) is 21.3 Å². The molecule has 0 N–H and O–H groups in total. The number of methoxy groups -OCH3 is 3. The molecule has 0 saturated carbocycles. The van der Waals surface area contributed by atoms with Gasteiger partial charge in [0.15, 0.2) is 17.3 Å². The molecule has 4 nitrogen and oxygen atoms in total. The van der Waals surface area contributed by atoms with Gasteiger partial charge in [0, 0.05) is 0 Å². The molecule has 0 radical (unpaired) electrons. The van der Waals surface area contributed by atoms with E-state index in [1.165, 1.54) is 6.08 Å². The number of allylic oxidation sites excluding steroid dienone is 1. The molecular formula is C19H20O4. The van der Waals surface area contributed by atoms with Gasteiger partial charge in [-0.15, -0.1) is 0 Å². The number of carbonyl (C=O) groups is 1. The number of ether oxygens (including phenoxy) is 3. The molecule has 0 aliphatic heterocycles. The van der Waals surface area contributed by atoms with Crippen LogP contribution in [0.2, 0.25) is 0 Å². The Balaban J connectivity index is 2.25. The van der Waals surface area contributed by atoms with Crippen LogP contribution in [0.3, 0.4) is 0 Å². The van der Waals surface area contributed by atoms with Crippen LogP contribution in [0.1, 0.15) is 21.5 Å². The van der Waals surface area contributed by atoms with E-state index >= 15 is 0 Å². The Morgan fingerprint density at radius 1 is 0.870 bits per heavy atom. The molecule has 0 aliphatic carbocycles. The van der Waals surface area contributed by atoms with Crippen LogP contribution in [0.5, 0.6) is 17.2 Å². The number of benzene rings is 2. The van der Waals surface area contributed by atoms with Crippen molar-refractivity contribution in [3.05, 3.63) is 59.2 Å². The van der Waals surface area contributed by atoms with Gasteiger partial charge in [0.1, 0.15) is 5.75 Å². The zero-order valence-electron chi connectivity index (χ0n) is 13.8. The lowest BCUT2D eigenvalue weighted by atomic mass is 10.1. The molecule has 0 heterocycles. The fourth-order valence-corrected chi connectivity index (χ4v) is 2.22. The summed E-state index contributed by atoms with van der Waals surface area (Å²) < 4.78 is 15.7. The summed E-state index contributed by atoms with van der Waals surface area (Å²) >= 11 is 0. The third-order valence-corrected chi connectivity index (χ3v) is 3.46. The van der Waals surface area contributed by atoms with Gasteiger partial charge in [0.05, 0.1) is 26.9 Å². The summed E-state index contributed by atoms with van der Waals surface area (Å²) in [7, 11) is 4.72. The molecule has 2 aromatic carbocycles. The SMILES string of the molecule is COc1ccc(/C=C/C(=O)c2ccc(C)cc2OC)cc1OC. The summed E-state index contributed by atoms with van der Waals surface area (Å²) in [5, 5.41) is 0. The fraction of sp³-hybridized carbons (Fsp3) is 0.211. The average Bonchev–Trinajstić information content (AvgIpc) is 2.59. The van der Waals surface area contributed by atoms with Crippen molar-refractivity contribution in [2.24, 2.45) is 0 Å². The van der Waals surface area contributed by atoms with Crippen LogP contribution in [0.25, 0.3) is 6.08 Å². The zero-order valence-corrected chi connectivity index (χ0v) is 13.8. The highest BCUT2D eigenvalue weighted by atomic mass is 16.5. The van der Waals surface area contributed by atoms with E-state index < -0.39 is 0 Å². The maximum Gasteiger partial charge on any atom is 0.189 e. The van der Waals surface area contributed by atoms with Crippen LogP contribution in [-0.2, 0) is 0 Å². The molecule has 0 fully saturated rings. The number of hydrogen-bond acceptors (Lipinski definition) is 4. The fourth-order valence-electron chi connectivity index (χ4n) is 2.22. The Labute approximate surface area is 136 Å². The monoisotopic (exact) mass is 312 g/mol. The molecule has 0 bridgehead atoms. The molecule has 2 aromatic rings. The molecule has 0 aromatic heterocycles. The molecular weight excluding hydrogens is 292 g/mol. The lowest BCUT2D eigenvalue weighted by molar-refractivity contribution is 0.104. The predicted octanol–water partition coefficient (Wildman–Crippen LogP) is 3.92. The summed E-state index contributed by atoms with van der Waals surface area (Å²) in [5.74, 6) is 1.73. The Morgan fingerprint density at radius 3 is 2.22 bits per heavy atom. The second-order valence-corrected chi connectivity index (χ2v) is 5.02. The lowest BCUT2D eigenvalue weighted by Crippen LogP contribution is -1.99. The Morgan fingerprint density at radius 2 is 1.57 bits per heavy atom. The Hall–Kier alpha value is -2.75. The number of ketones is 1. The van der Waals surface area contributed by atoms with E-state index in [0.29, 0.717) is 22.8 Å². The van der Waals surface area contributed by atoms with Crippen LogP contribution < -0.4 is 14.2 Å². The zero-order chi connectivity index (χ0) is 16.8. The summed E-state index contributed by atoms with van der Waals surface area (Å²) in [5.41, 5.74) is 2.43. The van der Waals surface area contributed by atoms with Crippen molar-refractivity contribution in [3.8, 4) is 17.2 Å². The highest BCUT2D eigenvalue weighted by molar-refractivity contribution is 6.08. The maximum atomic E-state index is 12.4. The molecule has 0 spiro atoms. The largest absolute Gasteiger partial charge is 0.496 e.